The molecule has 11 nitrogen and oxygen atoms in total. The Labute approximate surface area is 191 Å². The Kier molecular flexibility index (Phi) is 7.97. The van der Waals surface area contributed by atoms with E-state index in [1.807, 2.05) is 13.0 Å². The molecule has 2 heterocycles. The van der Waals surface area contributed by atoms with E-state index in [1.165, 1.54) is 4.52 Å². The van der Waals surface area contributed by atoms with Crippen molar-refractivity contribution in [1.29, 1.82) is 5.26 Å². The molecule has 33 heavy (non-hydrogen) atoms. The summed E-state index contributed by atoms with van der Waals surface area (Å²) in [6, 6.07) is 8.99. The fourth-order valence-electron chi connectivity index (χ4n) is 3.69. The third kappa shape index (κ3) is 4.69. The van der Waals surface area contributed by atoms with E-state index >= 15 is 0 Å². The number of pyridine rings is 1. The van der Waals surface area contributed by atoms with Gasteiger partial charge in [0.15, 0.2) is 11.6 Å². The first-order valence-corrected chi connectivity index (χ1v) is 12.3. The number of fused-ring (bicyclic) bond motifs is 3. The zero-order chi connectivity index (χ0) is 24.0. The topological polar surface area (TPSA) is 138 Å². The number of carbonyl (C=O) groups excluding carboxylic acids is 1. The lowest BCUT2D eigenvalue weighted by Gasteiger charge is -2.29. The van der Waals surface area contributed by atoms with Crippen LogP contribution >= 0.6 is 7.60 Å². The summed E-state index contributed by atoms with van der Waals surface area (Å²) in [5.74, 6) is -1.79. The van der Waals surface area contributed by atoms with Gasteiger partial charge >= 0.3 is 13.6 Å². The largest absolute Gasteiger partial charge is 0.493 e. The van der Waals surface area contributed by atoms with Crippen LogP contribution in [-0.2, 0) is 23.1 Å². The first kappa shape index (κ1) is 24.6. The number of hydrogen-bond donors (Lipinski definition) is 0. The van der Waals surface area contributed by atoms with Crippen LogP contribution in [0.5, 0.6) is 5.75 Å². The lowest BCUT2D eigenvalue weighted by molar-refractivity contribution is -0.146. The SMILES string of the molecule is CCOC(=O)C(C#N)C(c1cc2c(OCC)cccc2n2nnnc12)P(=O)(OCC)OCC. The van der Waals surface area contributed by atoms with Crippen LogP contribution in [0.4, 0.5) is 0 Å². The van der Waals surface area contributed by atoms with Crippen LogP contribution in [0.15, 0.2) is 24.3 Å². The van der Waals surface area contributed by atoms with Crippen molar-refractivity contribution in [3.05, 3.63) is 29.8 Å². The van der Waals surface area contributed by atoms with Crippen molar-refractivity contribution < 1.29 is 27.9 Å². The molecule has 0 spiro atoms. The molecule has 3 rings (SSSR count). The molecular weight excluding hydrogens is 449 g/mol. The van der Waals surface area contributed by atoms with Gasteiger partial charge in [0, 0.05) is 10.9 Å². The van der Waals surface area contributed by atoms with Crippen LogP contribution in [0, 0.1) is 17.2 Å². The predicted octanol–water partition coefficient (Wildman–Crippen LogP) is 3.69. The number of esters is 1. The molecule has 176 valence electrons. The number of carbonyl (C=O) groups is 1. The number of benzene rings is 1. The molecule has 0 aliphatic carbocycles. The van der Waals surface area contributed by atoms with Gasteiger partial charge < -0.3 is 18.5 Å². The standard InChI is InChI=1S/C21H26N5O6P/c1-5-29-18-11-9-10-17-14(18)12-15(20-23-24-25-26(17)20)19(16(13-22)21(27)30-6-2)33(28,31-7-3)32-8-4/h9-12,16,19H,5-8H2,1-4H3. The first-order chi connectivity index (χ1) is 15.9. The fraction of sp³-hybridized carbons (Fsp3) is 0.476. The average Bonchev–Trinajstić information content (AvgIpc) is 3.28. The summed E-state index contributed by atoms with van der Waals surface area (Å²) in [4.78, 5) is 12.8. The maximum atomic E-state index is 14.0. The highest BCUT2D eigenvalue weighted by Gasteiger charge is 2.48. The predicted molar refractivity (Wildman–Crippen MR) is 119 cm³/mol. The minimum Gasteiger partial charge on any atom is -0.493 e. The van der Waals surface area contributed by atoms with E-state index in [-0.39, 0.29) is 31.0 Å². The highest BCUT2D eigenvalue weighted by Crippen LogP contribution is 2.64. The van der Waals surface area contributed by atoms with Gasteiger partial charge in [-0.1, -0.05) is 6.07 Å². The van der Waals surface area contributed by atoms with E-state index in [0.29, 0.717) is 23.3 Å². The Morgan fingerprint density at radius 2 is 1.88 bits per heavy atom. The van der Waals surface area contributed by atoms with Gasteiger partial charge in [-0.2, -0.15) is 9.78 Å². The van der Waals surface area contributed by atoms with Crippen molar-refractivity contribution in [2.45, 2.75) is 33.4 Å². The van der Waals surface area contributed by atoms with Crippen molar-refractivity contribution >= 4 is 30.1 Å². The van der Waals surface area contributed by atoms with Gasteiger partial charge in [0.1, 0.15) is 11.4 Å². The molecule has 0 aliphatic rings. The third-order valence-electron chi connectivity index (χ3n) is 4.87. The Hall–Kier alpha value is -3.06. The molecule has 0 amide bonds. The monoisotopic (exact) mass is 475 g/mol. The van der Waals surface area contributed by atoms with Crippen molar-refractivity contribution in [3.8, 4) is 11.8 Å². The van der Waals surface area contributed by atoms with Gasteiger partial charge in [0.2, 0.25) is 0 Å². The highest BCUT2D eigenvalue weighted by molar-refractivity contribution is 7.54. The third-order valence-corrected chi connectivity index (χ3v) is 7.37. The summed E-state index contributed by atoms with van der Waals surface area (Å²) in [5.41, 5.74) is -0.236. The van der Waals surface area contributed by atoms with Gasteiger partial charge in [-0.25, -0.2) is 0 Å². The Morgan fingerprint density at radius 3 is 2.48 bits per heavy atom. The number of nitrogens with zero attached hydrogens (tertiary/aromatic N) is 5. The number of aromatic nitrogens is 4. The molecule has 12 heteroatoms. The average molecular weight is 475 g/mol. The van der Waals surface area contributed by atoms with Crippen molar-refractivity contribution in [2.75, 3.05) is 26.4 Å². The summed E-state index contributed by atoms with van der Waals surface area (Å²) < 4.78 is 37.5. The molecule has 0 saturated carbocycles. The van der Waals surface area contributed by atoms with Crippen LogP contribution in [0.2, 0.25) is 0 Å². The second kappa shape index (κ2) is 10.7. The Balaban J connectivity index is 2.39. The summed E-state index contributed by atoms with van der Waals surface area (Å²) in [5, 5.41) is 22.5. The molecular formula is C21H26N5O6P. The summed E-state index contributed by atoms with van der Waals surface area (Å²) in [7, 11) is -4.06. The highest BCUT2D eigenvalue weighted by atomic mass is 31.2. The van der Waals surface area contributed by atoms with Crippen molar-refractivity contribution in [2.24, 2.45) is 5.92 Å². The van der Waals surface area contributed by atoms with E-state index in [0.717, 1.165) is 0 Å². The summed E-state index contributed by atoms with van der Waals surface area (Å²) in [6.45, 7) is 7.30. The van der Waals surface area contributed by atoms with Crippen LogP contribution < -0.4 is 4.74 Å². The van der Waals surface area contributed by atoms with Crippen LogP contribution in [-0.4, -0.2) is 52.4 Å². The lowest BCUT2D eigenvalue weighted by atomic mass is 9.99. The van der Waals surface area contributed by atoms with Crippen molar-refractivity contribution in [1.82, 2.24) is 20.0 Å². The van der Waals surface area contributed by atoms with Crippen LogP contribution in [0.1, 0.15) is 38.9 Å². The zero-order valence-corrected chi connectivity index (χ0v) is 19.8. The molecule has 2 aromatic heterocycles. The molecule has 0 fully saturated rings. The zero-order valence-electron chi connectivity index (χ0n) is 18.9. The molecule has 0 bridgehead atoms. The number of hydrogen-bond acceptors (Lipinski definition) is 10. The van der Waals surface area contributed by atoms with Gasteiger partial charge in [-0.05, 0) is 56.3 Å². The first-order valence-electron chi connectivity index (χ1n) is 10.7. The van der Waals surface area contributed by atoms with Gasteiger partial charge in [0.25, 0.3) is 0 Å². The molecule has 3 aromatic rings. The number of ether oxygens (including phenoxy) is 2. The van der Waals surface area contributed by atoms with Crippen LogP contribution in [0.25, 0.3) is 16.6 Å². The van der Waals surface area contributed by atoms with E-state index < -0.39 is 25.1 Å². The second-order valence-electron chi connectivity index (χ2n) is 6.81. The normalized spacial score (nSPS) is 13.5. The molecule has 0 aliphatic heterocycles. The fourth-order valence-corrected chi connectivity index (χ4v) is 5.88. The van der Waals surface area contributed by atoms with E-state index in [2.05, 4.69) is 15.5 Å². The van der Waals surface area contributed by atoms with Gasteiger partial charge in [0.05, 0.1) is 38.0 Å². The Morgan fingerprint density at radius 1 is 1.15 bits per heavy atom. The maximum Gasteiger partial charge on any atom is 0.340 e. The summed E-state index contributed by atoms with van der Waals surface area (Å²) >= 11 is 0. The maximum absolute atomic E-state index is 14.0. The molecule has 0 saturated heterocycles. The second-order valence-corrected chi connectivity index (χ2v) is 8.97. The van der Waals surface area contributed by atoms with E-state index in [9.17, 15) is 14.6 Å². The van der Waals surface area contributed by atoms with Crippen molar-refractivity contribution in [3.63, 3.8) is 0 Å². The van der Waals surface area contributed by atoms with Crippen LogP contribution in [0.3, 0.4) is 0 Å². The number of rotatable bonds is 11. The number of tetrazole rings is 1. The minimum absolute atomic E-state index is 0.0355. The molecule has 2 unspecified atom stereocenters. The lowest BCUT2D eigenvalue weighted by Crippen LogP contribution is -2.25. The quantitative estimate of drug-likeness (QED) is 0.298. The van der Waals surface area contributed by atoms with E-state index in [4.69, 9.17) is 18.5 Å². The Bertz CT molecular complexity index is 1210. The van der Waals surface area contributed by atoms with Gasteiger partial charge in [-0.3, -0.25) is 9.36 Å². The smallest absolute Gasteiger partial charge is 0.340 e. The van der Waals surface area contributed by atoms with E-state index in [1.54, 1.807) is 45.0 Å². The van der Waals surface area contributed by atoms with Gasteiger partial charge in [-0.15, -0.1) is 5.10 Å². The number of nitriles is 1. The molecule has 0 N–H and O–H groups in total. The molecule has 0 radical (unpaired) electrons. The molecule has 2 atom stereocenters. The minimum atomic E-state index is -4.06. The summed E-state index contributed by atoms with van der Waals surface area (Å²) in [6.07, 6.45) is 0. The molecule has 1 aromatic carbocycles.